The molecule has 2 aromatic rings. The van der Waals surface area contributed by atoms with Gasteiger partial charge in [-0.2, -0.15) is 0 Å². The number of hydrogen-bond acceptors (Lipinski definition) is 4. The summed E-state index contributed by atoms with van der Waals surface area (Å²) in [4.78, 5) is 35.4. The second-order valence-electron chi connectivity index (χ2n) is 5.86. The van der Waals surface area contributed by atoms with Gasteiger partial charge in [0.25, 0.3) is 5.91 Å². The number of nitrogens with two attached hydrogens (primary N) is 1. The highest BCUT2D eigenvalue weighted by atomic mass is 35.5. The lowest BCUT2D eigenvalue weighted by Gasteiger charge is -2.16. The minimum absolute atomic E-state index is 0.177. The van der Waals surface area contributed by atoms with Gasteiger partial charge in [0.1, 0.15) is 11.8 Å². The number of nitrogens with one attached hydrogen (secondary N) is 2. The van der Waals surface area contributed by atoms with E-state index in [0.29, 0.717) is 22.0 Å². The highest BCUT2D eigenvalue weighted by molar-refractivity contribution is 6.32. The Labute approximate surface area is 161 Å². The predicted molar refractivity (Wildman–Crippen MR) is 103 cm³/mol. The molecule has 2 rings (SSSR count). The molecule has 4 N–H and O–H groups in total. The van der Waals surface area contributed by atoms with Crippen LogP contribution in [-0.4, -0.2) is 30.9 Å². The maximum absolute atomic E-state index is 12.5. The number of rotatable bonds is 7. The standard InChI is InChI=1S/C19H20ClN3O4/c1-11(24)22-14-5-3-4-13(10-14)19(26)23-16(18(21)25)9-12-6-7-17(27-2)15(20)8-12/h3-8,10,16H,9H2,1-2H3,(H2,21,25)(H,22,24)(H,23,26)/t16-/m0/s1. The molecule has 2 aromatic carbocycles. The Hall–Kier alpha value is -3.06. The number of carbonyl (C=O) groups is 3. The van der Waals surface area contributed by atoms with E-state index in [1.165, 1.54) is 20.1 Å². The highest BCUT2D eigenvalue weighted by Gasteiger charge is 2.20. The van der Waals surface area contributed by atoms with Gasteiger partial charge in [-0.25, -0.2) is 0 Å². The Morgan fingerprint density at radius 3 is 2.52 bits per heavy atom. The minimum Gasteiger partial charge on any atom is -0.495 e. The van der Waals surface area contributed by atoms with Crippen LogP contribution in [0.25, 0.3) is 0 Å². The van der Waals surface area contributed by atoms with E-state index in [1.807, 2.05) is 0 Å². The van der Waals surface area contributed by atoms with Crippen LogP contribution in [-0.2, 0) is 16.0 Å². The van der Waals surface area contributed by atoms with Gasteiger partial charge in [-0.1, -0.05) is 23.7 Å². The average molecular weight is 390 g/mol. The fourth-order valence-corrected chi connectivity index (χ4v) is 2.76. The number of carbonyl (C=O) groups excluding carboxylic acids is 3. The van der Waals surface area contributed by atoms with Crippen LogP contribution in [0.4, 0.5) is 5.69 Å². The molecule has 8 heteroatoms. The summed E-state index contributed by atoms with van der Waals surface area (Å²) in [6, 6.07) is 10.5. The van der Waals surface area contributed by atoms with Crippen molar-refractivity contribution in [3.05, 3.63) is 58.6 Å². The van der Waals surface area contributed by atoms with Crippen molar-refractivity contribution >= 4 is 35.0 Å². The first kappa shape index (κ1) is 20.3. The fourth-order valence-electron chi connectivity index (χ4n) is 2.48. The van der Waals surface area contributed by atoms with Crippen LogP contribution in [0, 0.1) is 0 Å². The van der Waals surface area contributed by atoms with Crippen molar-refractivity contribution < 1.29 is 19.1 Å². The summed E-state index contributed by atoms with van der Waals surface area (Å²) in [5.41, 5.74) is 6.92. The third-order valence-electron chi connectivity index (χ3n) is 3.75. The second kappa shape index (κ2) is 9.05. The molecule has 0 saturated carbocycles. The Bertz CT molecular complexity index is 870. The van der Waals surface area contributed by atoms with Gasteiger partial charge in [-0.15, -0.1) is 0 Å². The van der Waals surface area contributed by atoms with Crippen LogP contribution < -0.4 is 21.1 Å². The number of benzene rings is 2. The van der Waals surface area contributed by atoms with Crippen LogP contribution in [0.15, 0.2) is 42.5 Å². The highest BCUT2D eigenvalue weighted by Crippen LogP contribution is 2.25. The lowest BCUT2D eigenvalue weighted by Crippen LogP contribution is -2.45. The molecule has 0 radical (unpaired) electrons. The van der Waals surface area contributed by atoms with Crippen LogP contribution in [0.1, 0.15) is 22.8 Å². The topological polar surface area (TPSA) is 111 Å². The number of primary amides is 1. The Morgan fingerprint density at radius 1 is 1.19 bits per heavy atom. The van der Waals surface area contributed by atoms with Crippen molar-refractivity contribution in [1.29, 1.82) is 0 Å². The molecule has 0 aliphatic heterocycles. The molecule has 0 unspecified atom stereocenters. The Balaban J connectivity index is 2.14. The van der Waals surface area contributed by atoms with Crippen molar-refractivity contribution in [2.24, 2.45) is 5.73 Å². The fraction of sp³-hybridized carbons (Fsp3) is 0.211. The van der Waals surface area contributed by atoms with Gasteiger partial charge < -0.3 is 21.1 Å². The van der Waals surface area contributed by atoms with E-state index < -0.39 is 17.9 Å². The van der Waals surface area contributed by atoms with E-state index in [4.69, 9.17) is 22.1 Å². The normalized spacial score (nSPS) is 11.4. The number of hydrogen-bond donors (Lipinski definition) is 3. The Morgan fingerprint density at radius 2 is 1.93 bits per heavy atom. The maximum atomic E-state index is 12.5. The molecule has 142 valence electrons. The Kier molecular flexibility index (Phi) is 6.79. The predicted octanol–water partition coefficient (Wildman–Crippen LogP) is 2.13. The first-order chi connectivity index (χ1) is 12.8. The zero-order valence-corrected chi connectivity index (χ0v) is 15.7. The summed E-state index contributed by atoms with van der Waals surface area (Å²) < 4.78 is 5.09. The number of anilines is 1. The monoisotopic (exact) mass is 389 g/mol. The summed E-state index contributed by atoms with van der Waals surface area (Å²) in [6.07, 6.45) is 0.177. The van der Waals surface area contributed by atoms with Gasteiger partial charge in [0, 0.05) is 24.6 Å². The molecule has 7 nitrogen and oxygen atoms in total. The van der Waals surface area contributed by atoms with Crippen LogP contribution in [0.2, 0.25) is 5.02 Å². The number of ether oxygens (including phenoxy) is 1. The van der Waals surface area contributed by atoms with Gasteiger partial charge in [-0.3, -0.25) is 14.4 Å². The maximum Gasteiger partial charge on any atom is 0.252 e. The lowest BCUT2D eigenvalue weighted by atomic mass is 10.0. The molecule has 0 aromatic heterocycles. The number of methoxy groups -OCH3 is 1. The van der Waals surface area contributed by atoms with Crippen LogP contribution >= 0.6 is 11.6 Å². The van der Waals surface area contributed by atoms with Crippen molar-refractivity contribution in [1.82, 2.24) is 5.32 Å². The van der Waals surface area contributed by atoms with Crippen molar-refractivity contribution in [2.45, 2.75) is 19.4 Å². The zero-order chi connectivity index (χ0) is 20.0. The van der Waals surface area contributed by atoms with E-state index in [9.17, 15) is 14.4 Å². The average Bonchev–Trinajstić information content (AvgIpc) is 2.60. The van der Waals surface area contributed by atoms with Gasteiger partial charge in [0.05, 0.1) is 12.1 Å². The van der Waals surface area contributed by atoms with Gasteiger partial charge >= 0.3 is 0 Å². The molecule has 0 fully saturated rings. The third kappa shape index (κ3) is 5.72. The molecular formula is C19H20ClN3O4. The molecule has 0 aliphatic rings. The van der Waals surface area contributed by atoms with E-state index >= 15 is 0 Å². The third-order valence-corrected chi connectivity index (χ3v) is 4.05. The number of halogens is 1. The quantitative estimate of drug-likeness (QED) is 0.673. The summed E-state index contributed by atoms with van der Waals surface area (Å²) in [5.74, 6) is -0.896. The van der Waals surface area contributed by atoms with E-state index in [1.54, 1.807) is 36.4 Å². The molecule has 0 aliphatic carbocycles. The molecular weight excluding hydrogens is 370 g/mol. The smallest absolute Gasteiger partial charge is 0.252 e. The molecule has 0 heterocycles. The summed E-state index contributed by atoms with van der Waals surface area (Å²) >= 11 is 6.09. The SMILES string of the molecule is COc1ccc(C[C@H](NC(=O)c2cccc(NC(C)=O)c2)C(N)=O)cc1Cl. The summed E-state index contributed by atoms with van der Waals surface area (Å²) in [7, 11) is 1.50. The van der Waals surface area contributed by atoms with Crippen molar-refractivity contribution in [3.63, 3.8) is 0 Å². The summed E-state index contributed by atoms with van der Waals surface area (Å²) in [6.45, 7) is 1.37. The summed E-state index contributed by atoms with van der Waals surface area (Å²) in [5, 5.41) is 5.60. The molecule has 3 amide bonds. The molecule has 0 spiro atoms. The van der Waals surface area contributed by atoms with Crippen LogP contribution in [0.3, 0.4) is 0 Å². The van der Waals surface area contributed by atoms with Crippen LogP contribution in [0.5, 0.6) is 5.75 Å². The van der Waals surface area contributed by atoms with E-state index in [0.717, 1.165) is 5.56 Å². The van der Waals surface area contributed by atoms with Gasteiger partial charge in [-0.05, 0) is 35.9 Å². The van der Waals surface area contributed by atoms with Gasteiger partial charge in [0.2, 0.25) is 11.8 Å². The molecule has 1 atom stereocenters. The second-order valence-corrected chi connectivity index (χ2v) is 6.27. The first-order valence-electron chi connectivity index (χ1n) is 8.10. The number of amides is 3. The minimum atomic E-state index is -0.925. The van der Waals surface area contributed by atoms with Gasteiger partial charge in [0.15, 0.2) is 0 Å². The lowest BCUT2D eigenvalue weighted by molar-refractivity contribution is -0.119. The first-order valence-corrected chi connectivity index (χ1v) is 8.48. The van der Waals surface area contributed by atoms with Crippen molar-refractivity contribution in [3.8, 4) is 5.75 Å². The van der Waals surface area contributed by atoms with E-state index in [-0.39, 0.29) is 12.3 Å². The largest absolute Gasteiger partial charge is 0.495 e. The zero-order valence-electron chi connectivity index (χ0n) is 14.9. The molecule has 27 heavy (non-hydrogen) atoms. The van der Waals surface area contributed by atoms with Crippen molar-refractivity contribution in [2.75, 3.05) is 12.4 Å². The molecule has 0 bridgehead atoms. The molecule has 0 saturated heterocycles. The van der Waals surface area contributed by atoms with E-state index in [2.05, 4.69) is 10.6 Å².